The fourth-order valence-electron chi connectivity index (χ4n) is 2.76. The van der Waals surface area contributed by atoms with Crippen molar-refractivity contribution >= 4 is 29.8 Å². The molecule has 0 radical (unpaired) electrons. The van der Waals surface area contributed by atoms with Crippen molar-refractivity contribution in [1.29, 1.82) is 0 Å². The van der Waals surface area contributed by atoms with Crippen LogP contribution in [0.1, 0.15) is 23.9 Å². The minimum absolute atomic E-state index is 0.0681. The predicted octanol–water partition coefficient (Wildman–Crippen LogP) is 4.15. The van der Waals surface area contributed by atoms with E-state index in [1.54, 1.807) is 30.0 Å². The zero-order valence-electron chi connectivity index (χ0n) is 15.8. The number of benzene rings is 2. The minimum atomic E-state index is -0.362. The van der Waals surface area contributed by atoms with Gasteiger partial charge in [0.15, 0.2) is 11.5 Å². The molecule has 1 aromatic heterocycles. The molecule has 1 aliphatic heterocycles. The third-order valence-corrected chi connectivity index (χ3v) is 5.00. The lowest BCUT2D eigenvalue weighted by Crippen LogP contribution is -2.07. The number of anilines is 1. The first-order valence-electron chi connectivity index (χ1n) is 9.12. The molecule has 8 heteroatoms. The maximum atomic E-state index is 12.1. The van der Waals surface area contributed by atoms with Crippen LogP contribution in [0.5, 0.6) is 11.5 Å². The Balaban J connectivity index is 1.33. The predicted molar refractivity (Wildman–Crippen MR) is 110 cm³/mol. The van der Waals surface area contributed by atoms with Crippen LogP contribution < -0.4 is 14.8 Å². The van der Waals surface area contributed by atoms with E-state index in [1.165, 1.54) is 11.0 Å². The Morgan fingerprint density at radius 3 is 2.79 bits per heavy atom. The fourth-order valence-corrected chi connectivity index (χ4v) is 3.42. The van der Waals surface area contributed by atoms with Gasteiger partial charge >= 0.3 is 6.01 Å². The van der Waals surface area contributed by atoms with Crippen LogP contribution in [-0.4, -0.2) is 28.7 Å². The third-order valence-electron chi connectivity index (χ3n) is 4.11. The highest BCUT2D eigenvalue weighted by atomic mass is 32.2. The number of fused-ring (bicyclic) bond motifs is 1. The molecule has 1 N–H and O–H groups in total. The standard InChI is InChI=1S/C21H19N3O4S/c1-2-29-16-7-3-15(4-8-16)12-20-23-24-21(28-20)22-19(25)10-6-14-5-9-17-18(11-14)27-13-26-17/h3-11H,2,12-13H2,1H3,(H,22,24,25)/b10-6+. The van der Waals surface area contributed by atoms with Crippen LogP contribution in [0.4, 0.5) is 6.01 Å². The molecule has 0 spiro atoms. The fraction of sp³-hybridized carbons (Fsp3) is 0.190. The lowest BCUT2D eigenvalue weighted by Gasteiger charge is -2.00. The zero-order valence-corrected chi connectivity index (χ0v) is 16.6. The summed E-state index contributed by atoms with van der Waals surface area (Å²) in [5, 5.41) is 10.4. The van der Waals surface area contributed by atoms with Gasteiger partial charge in [-0.3, -0.25) is 10.1 Å². The van der Waals surface area contributed by atoms with Gasteiger partial charge in [0.2, 0.25) is 12.7 Å². The number of nitrogens with one attached hydrogen (secondary N) is 1. The van der Waals surface area contributed by atoms with Crippen molar-refractivity contribution < 1.29 is 18.7 Å². The van der Waals surface area contributed by atoms with Gasteiger partial charge in [0, 0.05) is 11.0 Å². The summed E-state index contributed by atoms with van der Waals surface area (Å²) in [6.45, 7) is 2.33. The van der Waals surface area contributed by atoms with E-state index in [2.05, 4.69) is 34.6 Å². The zero-order chi connectivity index (χ0) is 20.1. The Kier molecular flexibility index (Phi) is 5.81. The number of amides is 1. The smallest absolute Gasteiger partial charge is 0.322 e. The van der Waals surface area contributed by atoms with Crippen molar-refractivity contribution in [2.75, 3.05) is 17.9 Å². The topological polar surface area (TPSA) is 86.5 Å². The summed E-state index contributed by atoms with van der Waals surface area (Å²) in [4.78, 5) is 13.3. The summed E-state index contributed by atoms with van der Waals surface area (Å²) >= 11 is 1.79. The number of thioether (sulfide) groups is 1. The minimum Gasteiger partial charge on any atom is -0.454 e. The molecule has 4 rings (SSSR count). The molecule has 0 unspecified atom stereocenters. The average Bonchev–Trinajstić information content (AvgIpc) is 3.37. The number of nitrogens with zero attached hydrogens (tertiary/aromatic N) is 2. The lowest BCUT2D eigenvalue weighted by molar-refractivity contribution is -0.112. The number of hydrogen-bond acceptors (Lipinski definition) is 7. The molecule has 0 fully saturated rings. The summed E-state index contributed by atoms with van der Waals surface area (Å²) in [5.41, 5.74) is 1.88. The van der Waals surface area contributed by atoms with E-state index in [0.29, 0.717) is 23.8 Å². The monoisotopic (exact) mass is 409 g/mol. The Morgan fingerprint density at radius 1 is 1.14 bits per heavy atom. The van der Waals surface area contributed by atoms with E-state index in [0.717, 1.165) is 16.9 Å². The summed E-state index contributed by atoms with van der Waals surface area (Å²) < 4.78 is 16.1. The normalized spacial score (nSPS) is 12.4. The number of ether oxygens (including phenoxy) is 2. The third kappa shape index (κ3) is 4.97. The van der Waals surface area contributed by atoms with Crippen LogP contribution in [0, 0.1) is 0 Å². The van der Waals surface area contributed by atoms with Gasteiger partial charge in [-0.15, -0.1) is 16.9 Å². The SMILES string of the molecule is CCSc1ccc(Cc2nnc(NC(=O)/C=C/c3ccc4c(c3)OCO4)o2)cc1. The lowest BCUT2D eigenvalue weighted by atomic mass is 10.1. The first kappa shape index (κ1) is 19.1. The molecular formula is C21H19N3O4S. The average molecular weight is 409 g/mol. The van der Waals surface area contributed by atoms with Gasteiger partial charge in [0.1, 0.15) is 0 Å². The first-order valence-corrected chi connectivity index (χ1v) is 10.1. The largest absolute Gasteiger partial charge is 0.454 e. The number of aromatic nitrogens is 2. The van der Waals surface area contributed by atoms with Crippen molar-refractivity contribution in [1.82, 2.24) is 10.2 Å². The van der Waals surface area contributed by atoms with Crippen LogP contribution in [-0.2, 0) is 11.2 Å². The van der Waals surface area contributed by atoms with Crippen molar-refractivity contribution in [3.63, 3.8) is 0 Å². The Morgan fingerprint density at radius 2 is 1.97 bits per heavy atom. The molecule has 1 aliphatic rings. The molecule has 2 aromatic carbocycles. The molecular weight excluding hydrogens is 390 g/mol. The molecule has 0 aliphatic carbocycles. The summed E-state index contributed by atoms with van der Waals surface area (Å²) in [7, 11) is 0. The van der Waals surface area contributed by atoms with E-state index in [4.69, 9.17) is 13.9 Å². The van der Waals surface area contributed by atoms with Crippen molar-refractivity contribution in [2.24, 2.45) is 0 Å². The van der Waals surface area contributed by atoms with Crippen LogP contribution in [0.15, 0.2) is 57.9 Å². The molecule has 0 bridgehead atoms. The highest BCUT2D eigenvalue weighted by Gasteiger charge is 2.13. The maximum absolute atomic E-state index is 12.1. The van der Waals surface area contributed by atoms with Crippen molar-refractivity contribution in [2.45, 2.75) is 18.2 Å². The van der Waals surface area contributed by atoms with E-state index >= 15 is 0 Å². The Labute approximate surface area is 172 Å². The van der Waals surface area contributed by atoms with Crippen molar-refractivity contribution in [3.05, 3.63) is 65.6 Å². The second kappa shape index (κ2) is 8.83. The second-order valence-electron chi connectivity index (χ2n) is 6.19. The Hall–Kier alpha value is -3.26. The van der Waals surface area contributed by atoms with E-state index < -0.39 is 0 Å². The molecule has 0 saturated carbocycles. The quantitative estimate of drug-likeness (QED) is 0.463. The highest BCUT2D eigenvalue weighted by molar-refractivity contribution is 7.99. The van der Waals surface area contributed by atoms with Crippen LogP contribution in [0.2, 0.25) is 0 Å². The molecule has 0 atom stereocenters. The molecule has 29 heavy (non-hydrogen) atoms. The number of hydrogen-bond donors (Lipinski definition) is 1. The van der Waals surface area contributed by atoms with Gasteiger partial charge in [-0.25, -0.2) is 0 Å². The van der Waals surface area contributed by atoms with Crippen LogP contribution in [0.25, 0.3) is 6.08 Å². The molecule has 3 aromatic rings. The highest BCUT2D eigenvalue weighted by Crippen LogP contribution is 2.32. The molecule has 1 amide bonds. The number of rotatable bonds is 7. The van der Waals surface area contributed by atoms with Crippen LogP contribution >= 0.6 is 11.8 Å². The second-order valence-corrected chi connectivity index (χ2v) is 7.53. The van der Waals surface area contributed by atoms with Gasteiger partial charge in [-0.2, -0.15) is 0 Å². The Bertz CT molecular complexity index is 1030. The summed E-state index contributed by atoms with van der Waals surface area (Å²) in [5.74, 6) is 2.48. The first-order chi connectivity index (χ1) is 14.2. The molecule has 2 heterocycles. The van der Waals surface area contributed by atoms with Gasteiger partial charge in [0.05, 0.1) is 6.42 Å². The number of carbonyl (C=O) groups is 1. The number of carbonyl (C=O) groups excluding carboxylic acids is 1. The summed E-state index contributed by atoms with van der Waals surface area (Å²) in [6.07, 6.45) is 3.57. The van der Waals surface area contributed by atoms with Gasteiger partial charge in [-0.05, 0) is 47.2 Å². The molecule has 0 saturated heterocycles. The van der Waals surface area contributed by atoms with Gasteiger partial charge in [0.25, 0.3) is 5.91 Å². The van der Waals surface area contributed by atoms with E-state index in [9.17, 15) is 4.79 Å². The van der Waals surface area contributed by atoms with Crippen molar-refractivity contribution in [3.8, 4) is 11.5 Å². The summed E-state index contributed by atoms with van der Waals surface area (Å²) in [6, 6.07) is 13.7. The van der Waals surface area contributed by atoms with Gasteiger partial charge in [-0.1, -0.05) is 30.2 Å². The molecule has 148 valence electrons. The van der Waals surface area contributed by atoms with E-state index in [1.807, 2.05) is 18.2 Å². The van der Waals surface area contributed by atoms with E-state index in [-0.39, 0.29) is 18.7 Å². The molecule has 7 nitrogen and oxygen atoms in total. The van der Waals surface area contributed by atoms with Crippen LogP contribution in [0.3, 0.4) is 0 Å². The maximum Gasteiger partial charge on any atom is 0.322 e. The van der Waals surface area contributed by atoms with Gasteiger partial charge < -0.3 is 13.9 Å².